The fourth-order valence-corrected chi connectivity index (χ4v) is 11.1. The molecule has 1 spiro atoms. The Morgan fingerprint density at radius 2 is 0.944 bits per heavy atom. The van der Waals surface area contributed by atoms with Crippen LogP contribution in [-0.4, -0.2) is 0 Å². The van der Waals surface area contributed by atoms with Crippen LogP contribution in [0.1, 0.15) is 47.2 Å². The zero-order valence-corrected chi connectivity index (χ0v) is 31.1. The second-order valence-corrected chi connectivity index (χ2v) is 16.3. The van der Waals surface area contributed by atoms with E-state index in [1.54, 1.807) is 0 Å². The molecular formula is C52H37NS. The maximum atomic E-state index is 2.50. The van der Waals surface area contributed by atoms with Gasteiger partial charge >= 0.3 is 0 Å². The lowest BCUT2D eigenvalue weighted by atomic mass is 9.55. The quantitative estimate of drug-likeness (QED) is 0.176. The van der Waals surface area contributed by atoms with E-state index in [1.807, 2.05) is 11.3 Å². The molecule has 2 aliphatic rings. The number of nitrogens with zero attached hydrogens (tertiary/aromatic N) is 1. The third-order valence-corrected chi connectivity index (χ3v) is 13.4. The van der Waals surface area contributed by atoms with Crippen LogP contribution in [0.15, 0.2) is 188 Å². The molecule has 54 heavy (non-hydrogen) atoms. The van der Waals surface area contributed by atoms with E-state index in [2.05, 4.69) is 207 Å². The first kappa shape index (κ1) is 31.3. The number of hydrogen-bond acceptors (Lipinski definition) is 2. The molecule has 0 atom stereocenters. The van der Waals surface area contributed by atoms with Gasteiger partial charge < -0.3 is 4.90 Å². The van der Waals surface area contributed by atoms with Gasteiger partial charge in [-0.2, -0.15) is 0 Å². The molecule has 0 unspecified atom stereocenters. The first-order valence-electron chi connectivity index (χ1n) is 18.9. The summed E-state index contributed by atoms with van der Waals surface area (Å²) in [7, 11) is 0. The minimum Gasteiger partial charge on any atom is -0.310 e. The maximum absolute atomic E-state index is 2.50. The molecule has 256 valence electrons. The van der Waals surface area contributed by atoms with Gasteiger partial charge in [-0.15, -0.1) is 11.3 Å². The first-order valence-corrected chi connectivity index (χ1v) is 19.7. The summed E-state index contributed by atoms with van der Waals surface area (Å²) in [4.78, 5) is 2.47. The fourth-order valence-electron chi connectivity index (χ4n) is 9.84. The van der Waals surface area contributed by atoms with Crippen molar-refractivity contribution in [2.45, 2.75) is 24.7 Å². The molecule has 9 aromatic rings. The molecule has 0 aliphatic heterocycles. The number of hydrogen-bond donors (Lipinski definition) is 0. The molecule has 11 rings (SSSR count). The largest absolute Gasteiger partial charge is 0.310 e. The number of anilines is 3. The highest BCUT2D eigenvalue weighted by molar-refractivity contribution is 7.26. The Hall–Kier alpha value is -6.22. The molecule has 1 nitrogen and oxygen atoms in total. The van der Waals surface area contributed by atoms with Gasteiger partial charge in [-0.3, -0.25) is 0 Å². The molecule has 0 saturated heterocycles. The molecule has 0 saturated carbocycles. The lowest BCUT2D eigenvalue weighted by Crippen LogP contribution is -2.40. The molecule has 0 fully saturated rings. The van der Waals surface area contributed by atoms with Gasteiger partial charge in [0.2, 0.25) is 0 Å². The van der Waals surface area contributed by atoms with Gasteiger partial charge in [-0.1, -0.05) is 166 Å². The summed E-state index contributed by atoms with van der Waals surface area (Å²) < 4.78 is 2.64. The molecule has 2 heteroatoms. The van der Waals surface area contributed by atoms with Crippen LogP contribution in [0.3, 0.4) is 0 Å². The average molecular weight is 708 g/mol. The number of thiophene rings is 1. The lowest BCUT2D eigenvalue weighted by molar-refractivity contribution is 0.563. The average Bonchev–Trinajstić information content (AvgIpc) is 3.75. The highest BCUT2D eigenvalue weighted by Crippen LogP contribution is 2.62. The molecule has 8 aromatic carbocycles. The monoisotopic (exact) mass is 707 g/mol. The third-order valence-electron chi connectivity index (χ3n) is 12.1. The Labute approximate surface area is 320 Å². The van der Waals surface area contributed by atoms with Crippen LogP contribution >= 0.6 is 11.3 Å². The second kappa shape index (κ2) is 11.6. The topological polar surface area (TPSA) is 3.24 Å². The maximum Gasteiger partial charge on any atom is 0.0719 e. The summed E-state index contributed by atoms with van der Waals surface area (Å²) in [6.45, 7) is 4.83. The van der Waals surface area contributed by atoms with E-state index in [9.17, 15) is 0 Å². The van der Waals surface area contributed by atoms with Crippen molar-refractivity contribution in [2.24, 2.45) is 0 Å². The van der Waals surface area contributed by atoms with Crippen LogP contribution in [0.2, 0.25) is 0 Å². The van der Waals surface area contributed by atoms with Gasteiger partial charge in [0.25, 0.3) is 0 Å². The Morgan fingerprint density at radius 3 is 1.70 bits per heavy atom. The van der Waals surface area contributed by atoms with Gasteiger partial charge in [0.15, 0.2) is 0 Å². The number of benzene rings is 8. The normalized spacial score (nSPS) is 14.4. The van der Waals surface area contributed by atoms with Crippen LogP contribution < -0.4 is 4.90 Å². The van der Waals surface area contributed by atoms with Gasteiger partial charge in [-0.25, -0.2) is 0 Å². The van der Waals surface area contributed by atoms with E-state index >= 15 is 0 Å². The van der Waals surface area contributed by atoms with Crippen molar-refractivity contribution in [1.29, 1.82) is 0 Å². The molecular weight excluding hydrogens is 671 g/mol. The molecule has 0 N–H and O–H groups in total. The minimum atomic E-state index is -0.417. The van der Waals surface area contributed by atoms with E-state index < -0.39 is 5.41 Å². The zero-order valence-electron chi connectivity index (χ0n) is 30.3. The number of para-hydroxylation sites is 2. The predicted octanol–water partition coefficient (Wildman–Crippen LogP) is 14.2. The Bertz CT molecular complexity index is 2890. The van der Waals surface area contributed by atoms with Crippen LogP contribution in [0, 0.1) is 0 Å². The van der Waals surface area contributed by atoms with Crippen molar-refractivity contribution in [3.8, 4) is 22.3 Å². The SMILES string of the molecule is CC1(C)c2ccccc2C2(c3ccccc3-c3ccccc32)c2ccc(N(c3ccccc3)c3ccccc3-c3cccc4c3sc3ccccc34)cc21. The van der Waals surface area contributed by atoms with Gasteiger partial charge in [-0.05, 0) is 80.9 Å². The van der Waals surface area contributed by atoms with Crippen LogP contribution in [0.4, 0.5) is 17.1 Å². The summed E-state index contributed by atoms with van der Waals surface area (Å²) in [6, 6.07) is 70.1. The first-order chi connectivity index (χ1) is 26.6. The van der Waals surface area contributed by atoms with Crippen molar-refractivity contribution >= 4 is 48.6 Å². The zero-order chi connectivity index (χ0) is 36.0. The van der Waals surface area contributed by atoms with Crippen LogP contribution in [-0.2, 0) is 10.8 Å². The highest BCUT2D eigenvalue weighted by Gasteiger charge is 2.53. The number of rotatable bonds is 4. The molecule has 0 bridgehead atoms. The standard InChI is InChI=1S/C52H37NS/c1-51(2)44-27-12-13-28-45(44)52(42-25-10-6-19-36(42)37-20-7-11-26-43(37)52)46-32-31-35(33-47(46)51)53(34-17-4-3-5-18-34)48-29-14-8-21-38(48)40-23-16-24-41-39-22-9-15-30-49(39)54-50(40)41/h3-33H,1-2H3. The van der Waals surface area contributed by atoms with Crippen LogP contribution in [0.25, 0.3) is 42.4 Å². The second-order valence-electron chi connectivity index (χ2n) is 15.2. The molecule has 0 amide bonds. The van der Waals surface area contributed by atoms with Crippen molar-refractivity contribution in [1.82, 2.24) is 0 Å². The minimum absolute atomic E-state index is 0.246. The van der Waals surface area contributed by atoms with Crippen molar-refractivity contribution < 1.29 is 0 Å². The molecule has 2 aliphatic carbocycles. The van der Waals surface area contributed by atoms with E-state index in [-0.39, 0.29) is 5.41 Å². The summed E-state index contributed by atoms with van der Waals surface area (Å²) in [5.41, 5.74) is 16.1. The summed E-state index contributed by atoms with van der Waals surface area (Å²) in [6.07, 6.45) is 0. The molecule has 0 radical (unpaired) electrons. The summed E-state index contributed by atoms with van der Waals surface area (Å²) in [5.74, 6) is 0. The van der Waals surface area contributed by atoms with E-state index in [4.69, 9.17) is 0 Å². The van der Waals surface area contributed by atoms with Crippen molar-refractivity contribution in [2.75, 3.05) is 4.90 Å². The smallest absolute Gasteiger partial charge is 0.0719 e. The van der Waals surface area contributed by atoms with Crippen LogP contribution in [0.5, 0.6) is 0 Å². The fraction of sp³-hybridized carbons (Fsp3) is 0.0769. The van der Waals surface area contributed by atoms with E-state index in [0.717, 1.165) is 17.1 Å². The molecule has 1 aromatic heterocycles. The Balaban J connectivity index is 1.18. The highest BCUT2D eigenvalue weighted by atomic mass is 32.1. The third kappa shape index (κ3) is 4.20. The molecule has 1 heterocycles. The van der Waals surface area contributed by atoms with Gasteiger partial charge in [0.1, 0.15) is 0 Å². The van der Waals surface area contributed by atoms with Gasteiger partial charge in [0.05, 0.1) is 11.1 Å². The lowest BCUT2D eigenvalue weighted by Gasteiger charge is -2.47. The van der Waals surface area contributed by atoms with E-state index in [0.29, 0.717) is 0 Å². The summed E-state index contributed by atoms with van der Waals surface area (Å²) >= 11 is 1.89. The summed E-state index contributed by atoms with van der Waals surface area (Å²) in [5, 5.41) is 2.63. The Morgan fingerprint density at radius 1 is 0.389 bits per heavy atom. The van der Waals surface area contributed by atoms with Crippen molar-refractivity contribution in [3.05, 3.63) is 221 Å². The van der Waals surface area contributed by atoms with Crippen molar-refractivity contribution in [3.63, 3.8) is 0 Å². The number of fused-ring (bicyclic) bond motifs is 12. The Kier molecular flexibility index (Phi) is 6.75. The van der Waals surface area contributed by atoms with Gasteiger partial charge in [0, 0.05) is 48.1 Å². The predicted molar refractivity (Wildman–Crippen MR) is 229 cm³/mol. The van der Waals surface area contributed by atoms with E-state index in [1.165, 1.54) is 75.8 Å².